The molecule has 2 amide bonds. The summed E-state index contributed by atoms with van der Waals surface area (Å²) in [7, 11) is -0.961. The zero-order chi connectivity index (χ0) is 15.1. The molecule has 2 unspecified atom stereocenters. The van der Waals surface area contributed by atoms with Gasteiger partial charge in [-0.05, 0) is 33.1 Å². The van der Waals surface area contributed by atoms with Crippen molar-refractivity contribution in [1.29, 1.82) is 0 Å². The molecule has 0 aromatic rings. The lowest BCUT2D eigenvalue weighted by Gasteiger charge is -2.22. The van der Waals surface area contributed by atoms with Gasteiger partial charge in [0.25, 0.3) is 0 Å². The van der Waals surface area contributed by atoms with Crippen molar-refractivity contribution in [2.45, 2.75) is 51.8 Å². The molecule has 0 fully saturated rings. The van der Waals surface area contributed by atoms with Crippen molar-refractivity contribution in [3.8, 4) is 0 Å². The van der Waals surface area contributed by atoms with E-state index in [9.17, 15) is 9.00 Å². The number of hydrogen-bond acceptors (Lipinski definition) is 3. The van der Waals surface area contributed by atoms with Crippen LogP contribution in [0, 0.1) is 5.92 Å². The van der Waals surface area contributed by atoms with E-state index in [2.05, 4.69) is 10.6 Å². The lowest BCUT2D eigenvalue weighted by molar-refractivity contribution is 0.219. The lowest BCUT2D eigenvalue weighted by Crippen LogP contribution is -2.46. The van der Waals surface area contributed by atoms with E-state index in [0.717, 1.165) is 0 Å². The molecule has 0 saturated carbocycles. The third kappa shape index (κ3) is 8.21. The molecule has 19 heavy (non-hydrogen) atoms. The molecular formula is C13H28N2O3S. The minimum atomic E-state index is -0.961. The number of carbonyl (C=O) groups is 1. The molecule has 0 aromatic heterocycles. The molecule has 0 aromatic carbocycles. The molecule has 5 nitrogen and oxygen atoms in total. The van der Waals surface area contributed by atoms with Gasteiger partial charge in [0.1, 0.15) is 0 Å². The van der Waals surface area contributed by atoms with Gasteiger partial charge in [-0.1, -0.05) is 13.8 Å². The molecule has 0 saturated heterocycles. The lowest BCUT2D eigenvalue weighted by atomic mass is 10.0. The number of hydrogen-bond donors (Lipinski definition) is 3. The van der Waals surface area contributed by atoms with Gasteiger partial charge in [-0.3, -0.25) is 4.21 Å². The highest BCUT2D eigenvalue weighted by Gasteiger charge is 2.19. The van der Waals surface area contributed by atoms with Gasteiger partial charge in [0.15, 0.2) is 0 Å². The summed E-state index contributed by atoms with van der Waals surface area (Å²) in [5.41, 5.74) is 0. The molecule has 0 aliphatic carbocycles. The molecule has 0 aliphatic rings. The van der Waals surface area contributed by atoms with E-state index < -0.39 is 10.8 Å². The van der Waals surface area contributed by atoms with Gasteiger partial charge in [-0.2, -0.15) is 0 Å². The number of amides is 2. The van der Waals surface area contributed by atoms with E-state index in [4.69, 9.17) is 5.11 Å². The van der Waals surface area contributed by atoms with Crippen LogP contribution in [0.3, 0.4) is 0 Å². The summed E-state index contributed by atoms with van der Waals surface area (Å²) in [6, 6.07) is -0.309. The van der Waals surface area contributed by atoms with Crippen LogP contribution < -0.4 is 10.6 Å². The number of aliphatic hydroxyl groups excluding tert-OH is 1. The number of aliphatic hydroxyl groups is 1. The summed E-state index contributed by atoms with van der Waals surface area (Å²) < 4.78 is 11.5. The second-order valence-electron chi connectivity index (χ2n) is 5.93. The molecular weight excluding hydrogens is 264 g/mol. The van der Waals surface area contributed by atoms with Crippen molar-refractivity contribution in [2.24, 2.45) is 5.92 Å². The highest BCUT2D eigenvalue weighted by atomic mass is 32.2. The number of carbonyl (C=O) groups excluding carboxylic acids is 1. The fraction of sp³-hybridized carbons (Fsp3) is 0.923. The first-order chi connectivity index (χ1) is 8.68. The van der Waals surface area contributed by atoms with E-state index in [1.165, 1.54) is 0 Å². The Kier molecular flexibility index (Phi) is 8.25. The Morgan fingerprint density at radius 1 is 1.32 bits per heavy atom. The Morgan fingerprint density at radius 3 is 2.32 bits per heavy atom. The minimum absolute atomic E-state index is 0.0434. The van der Waals surface area contributed by atoms with Gasteiger partial charge in [-0.15, -0.1) is 0 Å². The number of nitrogens with one attached hydrogen (secondary N) is 2. The van der Waals surface area contributed by atoms with Crippen molar-refractivity contribution in [1.82, 2.24) is 10.6 Å². The quantitative estimate of drug-likeness (QED) is 0.660. The van der Waals surface area contributed by atoms with Gasteiger partial charge >= 0.3 is 6.03 Å². The zero-order valence-corrected chi connectivity index (χ0v) is 13.5. The maximum atomic E-state index is 11.8. The summed E-state index contributed by atoms with van der Waals surface area (Å²) in [4.78, 5) is 11.7. The van der Waals surface area contributed by atoms with Crippen LogP contribution in [0.4, 0.5) is 4.79 Å². The standard InChI is InChI=1S/C13H28N2O3S/c1-10(2)11(6-8-16)15-12(17)14-7-9-19(18)13(3,4)5/h10-11,16H,6-9H2,1-5H3,(H2,14,15,17). The topological polar surface area (TPSA) is 78.4 Å². The Bertz CT molecular complexity index is 301. The van der Waals surface area contributed by atoms with Crippen molar-refractivity contribution >= 4 is 16.8 Å². The SMILES string of the molecule is CC(C)C(CCO)NC(=O)NCCS(=O)C(C)(C)C. The van der Waals surface area contributed by atoms with Gasteiger partial charge < -0.3 is 15.7 Å². The number of urea groups is 1. The van der Waals surface area contributed by atoms with Crippen LogP contribution >= 0.6 is 0 Å². The van der Waals surface area contributed by atoms with Gasteiger partial charge in [0, 0.05) is 40.5 Å². The van der Waals surface area contributed by atoms with Crippen LogP contribution in [-0.2, 0) is 10.8 Å². The van der Waals surface area contributed by atoms with Crippen molar-refractivity contribution < 1.29 is 14.1 Å². The number of rotatable bonds is 7. The molecule has 0 heterocycles. The van der Waals surface area contributed by atoms with Gasteiger partial charge in [-0.25, -0.2) is 4.79 Å². The second-order valence-corrected chi connectivity index (χ2v) is 8.25. The minimum Gasteiger partial charge on any atom is -0.396 e. The van der Waals surface area contributed by atoms with E-state index in [0.29, 0.717) is 18.7 Å². The zero-order valence-electron chi connectivity index (χ0n) is 12.7. The molecule has 2 atom stereocenters. The highest BCUT2D eigenvalue weighted by Crippen LogP contribution is 2.10. The van der Waals surface area contributed by atoms with Crippen molar-refractivity contribution in [3.63, 3.8) is 0 Å². The second kappa shape index (κ2) is 8.53. The van der Waals surface area contributed by atoms with E-state index >= 15 is 0 Å². The van der Waals surface area contributed by atoms with Crippen LogP contribution in [0.5, 0.6) is 0 Å². The predicted molar refractivity (Wildman–Crippen MR) is 79.6 cm³/mol. The summed E-state index contributed by atoms with van der Waals surface area (Å²) in [5, 5.41) is 14.5. The summed E-state index contributed by atoms with van der Waals surface area (Å²) in [5.74, 6) is 0.713. The Morgan fingerprint density at radius 2 is 1.89 bits per heavy atom. The summed E-state index contributed by atoms with van der Waals surface area (Å²) in [6.07, 6.45) is 0.541. The first-order valence-corrected chi connectivity index (χ1v) is 8.04. The van der Waals surface area contributed by atoms with Crippen LogP contribution in [0.2, 0.25) is 0 Å². The normalized spacial score (nSPS) is 15.1. The summed E-state index contributed by atoms with van der Waals surface area (Å²) in [6.45, 7) is 10.2. The van der Waals surface area contributed by atoms with Crippen molar-refractivity contribution in [2.75, 3.05) is 18.9 Å². The van der Waals surface area contributed by atoms with E-state index in [1.807, 2.05) is 34.6 Å². The fourth-order valence-electron chi connectivity index (χ4n) is 1.49. The van der Waals surface area contributed by atoms with Gasteiger partial charge in [0.2, 0.25) is 0 Å². The largest absolute Gasteiger partial charge is 0.396 e. The smallest absolute Gasteiger partial charge is 0.315 e. The van der Waals surface area contributed by atoms with Gasteiger partial charge in [0.05, 0.1) is 0 Å². The Labute approximate surface area is 119 Å². The molecule has 6 heteroatoms. The molecule has 0 rings (SSSR count). The van der Waals surface area contributed by atoms with Crippen molar-refractivity contribution in [3.05, 3.63) is 0 Å². The monoisotopic (exact) mass is 292 g/mol. The average molecular weight is 292 g/mol. The molecule has 114 valence electrons. The maximum Gasteiger partial charge on any atom is 0.315 e. The molecule has 0 bridgehead atoms. The van der Waals surface area contributed by atoms with E-state index in [1.54, 1.807) is 0 Å². The van der Waals surface area contributed by atoms with Crippen LogP contribution in [0.25, 0.3) is 0 Å². The first-order valence-electron chi connectivity index (χ1n) is 6.72. The first kappa shape index (κ1) is 18.4. The Hall–Kier alpha value is -0.620. The van der Waals surface area contributed by atoms with Crippen LogP contribution in [0.15, 0.2) is 0 Å². The fourth-order valence-corrected chi connectivity index (χ4v) is 2.39. The molecule has 0 spiro atoms. The average Bonchev–Trinajstić information content (AvgIpc) is 2.26. The maximum absolute atomic E-state index is 11.8. The Balaban J connectivity index is 4.02. The molecule has 0 radical (unpaired) electrons. The van der Waals surface area contributed by atoms with E-state index in [-0.39, 0.29) is 29.3 Å². The third-order valence-corrected chi connectivity index (χ3v) is 4.76. The highest BCUT2D eigenvalue weighted by molar-refractivity contribution is 7.86. The molecule has 3 N–H and O–H groups in total. The van der Waals surface area contributed by atoms with Crippen LogP contribution in [0.1, 0.15) is 41.0 Å². The summed E-state index contributed by atoms with van der Waals surface area (Å²) >= 11 is 0. The predicted octanol–water partition coefficient (Wildman–Crippen LogP) is 1.24. The van der Waals surface area contributed by atoms with Crippen LogP contribution in [-0.4, -0.2) is 45.0 Å². The molecule has 0 aliphatic heterocycles. The third-order valence-electron chi connectivity index (χ3n) is 2.82.